The Hall–Kier alpha value is -3.18. The lowest BCUT2D eigenvalue weighted by Gasteiger charge is -2.00. The SMILES string of the molecule is N#Cc1ccccc1CSc1nnc(-c2cccc([N+](=O)[O-])c2)o1. The van der Waals surface area contributed by atoms with Crippen molar-refractivity contribution in [3.05, 3.63) is 69.8 Å². The van der Waals surface area contributed by atoms with E-state index in [4.69, 9.17) is 9.68 Å². The smallest absolute Gasteiger partial charge is 0.277 e. The molecule has 1 aromatic heterocycles. The summed E-state index contributed by atoms with van der Waals surface area (Å²) in [4.78, 5) is 10.3. The molecule has 24 heavy (non-hydrogen) atoms. The first-order valence-electron chi connectivity index (χ1n) is 6.86. The third-order valence-electron chi connectivity index (χ3n) is 3.20. The highest BCUT2D eigenvalue weighted by Gasteiger charge is 2.13. The fourth-order valence-electron chi connectivity index (χ4n) is 2.03. The number of non-ortho nitro benzene ring substituents is 1. The summed E-state index contributed by atoms with van der Waals surface area (Å²) in [6, 6.07) is 15.4. The van der Waals surface area contributed by atoms with Crippen LogP contribution in [-0.2, 0) is 5.75 Å². The summed E-state index contributed by atoms with van der Waals surface area (Å²) in [5.41, 5.74) is 1.92. The predicted molar refractivity (Wildman–Crippen MR) is 87.1 cm³/mol. The van der Waals surface area contributed by atoms with Crippen molar-refractivity contribution in [2.24, 2.45) is 0 Å². The monoisotopic (exact) mass is 338 g/mol. The van der Waals surface area contributed by atoms with E-state index in [-0.39, 0.29) is 11.6 Å². The molecule has 0 spiro atoms. The van der Waals surface area contributed by atoms with Crippen LogP contribution in [0.5, 0.6) is 0 Å². The summed E-state index contributed by atoms with van der Waals surface area (Å²) >= 11 is 1.30. The number of nitriles is 1. The predicted octanol–water partition coefficient (Wildman–Crippen LogP) is 3.81. The maximum atomic E-state index is 10.8. The molecule has 0 saturated carbocycles. The van der Waals surface area contributed by atoms with E-state index in [1.165, 1.54) is 23.9 Å². The van der Waals surface area contributed by atoms with Gasteiger partial charge in [0.2, 0.25) is 5.89 Å². The molecule has 0 aliphatic carbocycles. The van der Waals surface area contributed by atoms with Crippen molar-refractivity contribution in [1.82, 2.24) is 10.2 Å². The van der Waals surface area contributed by atoms with E-state index in [1.54, 1.807) is 24.3 Å². The second kappa shape index (κ2) is 6.93. The second-order valence-corrected chi connectivity index (χ2v) is 5.66. The summed E-state index contributed by atoms with van der Waals surface area (Å²) in [6.07, 6.45) is 0. The zero-order valence-electron chi connectivity index (χ0n) is 12.2. The van der Waals surface area contributed by atoms with Crippen molar-refractivity contribution < 1.29 is 9.34 Å². The molecule has 7 nitrogen and oxygen atoms in total. The van der Waals surface area contributed by atoms with Crippen molar-refractivity contribution in [2.45, 2.75) is 11.0 Å². The van der Waals surface area contributed by atoms with Crippen LogP contribution in [0.1, 0.15) is 11.1 Å². The van der Waals surface area contributed by atoms with Gasteiger partial charge in [0.25, 0.3) is 10.9 Å². The molecule has 0 saturated heterocycles. The molecule has 0 aliphatic rings. The minimum Gasteiger partial charge on any atom is -0.411 e. The number of nitrogens with zero attached hydrogens (tertiary/aromatic N) is 4. The maximum Gasteiger partial charge on any atom is 0.277 e. The second-order valence-electron chi connectivity index (χ2n) is 4.74. The topological polar surface area (TPSA) is 106 Å². The van der Waals surface area contributed by atoms with Gasteiger partial charge in [0.15, 0.2) is 0 Å². The van der Waals surface area contributed by atoms with Gasteiger partial charge in [-0.15, -0.1) is 10.2 Å². The number of thioether (sulfide) groups is 1. The van der Waals surface area contributed by atoms with Crippen molar-refractivity contribution in [3.8, 4) is 17.5 Å². The number of hydrogen-bond donors (Lipinski definition) is 0. The van der Waals surface area contributed by atoms with Gasteiger partial charge in [0.05, 0.1) is 16.6 Å². The Morgan fingerprint density at radius 1 is 1.21 bits per heavy atom. The summed E-state index contributed by atoms with van der Waals surface area (Å²) in [5.74, 6) is 0.732. The van der Waals surface area contributed by atoms with E-state index in [9.17, 15) is 10.1 Å². The first kappa shape index (κ1) is 15.7. The van der Waals surface area contributed by atoms with Gasteiger partial charge >= 0.3 is 0 Å². The Morgan fingerprint density at radius 2 is 2.04 bits per heavy atom. The van der Waals surface area contributed by atoms with Gasteiger partial charge < -0.3 is 4.42 Å². The highest BCUT2D eigenvalue weighted by atomic mass is 32.2. The fraction of sp³-hybridized carbons (Fsp3) is 0.0625. The number of hydrogen-bond acceptors (Lipinski definition) is 7. The van der Waals surface area contributed by atoms with E-state index in [0.717, 1.165) is 5.56 Å². The normalized spacial score (nSPS) is 10.3. The molecule has 0 atom stereocenters. The number of nitro groups is 1. The molecule has 0 aliphatic heterocycles. The van der Waals surface area contributed by atoms with Crippen molar-refractivity contribution in [1.29, 1.82) is 5.26 Å². The highest BCUT2D eigenvalue weighted by molar-refractivity contribution is 7.98. The van der Waals surface area contributed by atoms with Gasteiger partial charge in [-0.25, -0.2) is 0 Å². The van der Waals surface area contributed by atoms with Crippen LogP contribution in [0.25, 0.3) is 11.5 Å². The van der Waals surface area contributed by atoms with Gasteiger partial charge in [0, 0.05) is 23.4 Å². The Labute approximate surface area is 141 Å². The summed E-state index contributed by atoms with van der Waals surface area (Å²) < 4.78 is 5.53. The number of nitro benzene ring substituents is 1. The Kier molecular flexibility index (Phi) is 4.54. The van der Waals surface area contributed by atoms with E-state index in [2.05, 4.69) is 16.3 Å². The van der Waals surface area contributed by atoms with Gasteiger partial charge in [-0.05, 0) is 17.7 Å². The van der Waals surface area contributed by atoms with Crippen LogP contribution < -0.4 is 0 Å². The van der Waals surface area contributed by atoms with E-state index in [1.807, 2.05) is 12.1 Å². The molecular formula is C16H10N4O3S. The van der Waals surface area contributed by atoms with Crippen LogP contribution >= 0.6 is 11.8 Å². The molecular weight excluding hydrogens is 328 g/mol. The number of aromatic nitrogens is 2. The lowest BCUT2D eigenvalue weighted by molar-refractivity contribution is -0.384. The quantitative estimate of drug-likeness (QED) is 0.395. The summed E-state index contributed by atoms with van der Waals surface area (Å²) in [6.45, 7) is 0. The van der Waals surface area contributed by atoms with Crippen LogP contribution in [-0.4, -0.2) is 15.1 Å². The maximum absolute atomic E-state index is 10.8. The van der Waals surface area contributed by atoms with Crippen molar-refractivity contribution in [2.75, 3.05) is 0 Å². The number of benzene rings is 2. The lowest BCUT2D eigenvalue weighted by Crippen LogP contribution is -1.88. The van der Waals surface area contributed by atoms with Crippen LogP contribution in [0.2, 0.25) is 0 Å². The average Bonchev–Trinajstić information content (AvgIpc) is 3.09. The molecule has 3 aromatic rings. The Morgan fingerprint density at radius 3 is 2.83 bits per heavy atom. The van der Waals surface area contributed by atoms with Crippen LogP contribution in [0, 0.1) is 21.4 Å². The zero-order valence-corrected chi connectivity index (χ0v) is 13.1. The van der Waals surface area contributed by atoms with E-state index < -0.39 is 4.92 Å². The molecule has 118 valence electrons. The third-order valence-corrected chi connectivity index (χ3v) is 4.07. The molecule has 0 amide bonds. The number of rotatable bonds is 5. The van der Waals surface area contributed by atoms with Gasteiger partial charge in [-0.1, -0.05) is 36.0 Å². The Balaban J connectivity index is 1.75. The highest BCUT2D eigenvalue weighted by Crippen LogP contribution is 2.28. The molecule has 3 rings (SSSR count). The van der Waals surface area contributed by atoms with Crippen molar-refractivity contribution in [3.63, 3.8) is 0 Å². The lowest BCUT2D eigenvalue weighted by atomic mass is 10.1. The minimum atomic E-state index is -0.478. The van der Waals surface area contributed by atoms with Crippen molar-refractivity contribution >= 4 is 17.4 Å². The minimum absolute atomic E-state index is 0.0390. The summed E-state index contributed by atoms with van der Waals surface area (Å²) in [5, 5.41) is 28.1. The standard InChI is InChI=1S/C16H10N4O3S/c17-9-12-4-1-2-5-13(12)10-24-16-19-18-15(23-16)11-6-3-7-14(8-11)20(21)22/h1-8H,10H2. The molecule has 2 aromatic carbocycles. The van der Waals surface area contributed by atoms with Gasteiger partial charge in [-0.2, -0.15) is 5.26 Å². The van der Waals surface area contributed by atoms with Crippen LogP contribution in [0.3, 0.4) is 0 Å². The molecule has 0 bridgehead atoms. The van der Waals surface area contributed by atoms with Crippen LogP contribution in [0.4, 0.5) is 5.69 Å². The molecule has 1 heterocycles. The molecule has 0 unspecified atom stereocenters. The van der Waals surface area contributed by atoms with E-state index in [0.29, 0.717) is 22.1 Å². The summed E-state index contributed by atoms with van der Waals surface area (Å²) in [7, 11) is 0. The van der Waals surface area contributed by atoms with Crippen LogP contribution in [0.15, 0.2) is 58.2 Å². The molecule has 8 heteroatoms. The fourth-order valence-corrected chi connectivity index (χ4v) is 2.80. The molecule has 0 N–H and O–H groups in total. The largest absolute Gasteiger partial charge is 0.411 e. The Bertz CT molecular complexity index is 933. The van der Waals surface area contributed by atoms with E-state index >= 15 is 0 Å². The molecule has 0 fully saturated rings. The zero-order chi connectivity index (χ0) is 16.9. The van der Waals surface area contributed by atoms with Gasteiger partial charge in [-0.3, -0.25) is 10.1 Å². The first-order chi connectivity index (χ1) is 11.7. The van der Waals surface area contributed by atoms with Gasteiger partial charge in [0.1, 0.15) is 0 Å². The third kappa shape index (κ3) is 3.42. The molecule has 0 radical (unpaired) electrons. The first-order valence-corrected chi connectivity index (χ1v) is 7.85. The average molecular weight is 338 g/mol.